The monoisotopic (exact) mass is 337 g/mol. The fourth-order valence-corrected chi connectivity index (χ4v) is 13.4. The van der Waals surface area contributed by atoms with Crippen LogP contribution in [0.1, 0.15) is 45.2 Å². The molecule has 1 aromatic carbocycles. The van der Waals surface area contributed by atoms with Gasteiger partial charge >= 0.3 is 0 Å². The first-order chi connectivity index (χ1) is 11.3. The zero-order valence-corrected chi connectivity index (χ0v) is 16.8. The molecule has 0 radical (unpaired) electrons. The molecule has 0 saturated carbocycles. The molecule has 0 N–H and O–H groups in total. The van der Waals surface area contributed by atoms with Crippen molar-refractivity contribution < 1.29 is 0 Å². The predicted octanol–water partition coefficient (Wildman–Crippen LogP) is 5.48. The van der Waals surface area contributed by atoms with Gasteiger partial charge in [-0.3, -0.25) is 0 Å². The zero-order valence-electron chi connectivity index (χ0n) is 15.8. The highest BCUT2D eigenvalue weighted by atomic mass is 28.3. The van der Waals surface area contributed by atoms with Gasteiger partial charge in [0.15, 0.2) is 0 Å². The second-order valence-electron chi connectivity index (χ2n) is 10.2. The molecular weight excluding hydrogens is 306 g/mol. The van der Waals surface area contributed by atoms with Crippen molar-refractivity contribution in [3.63, 3.8) is 0 Å². The topological polar surface area (TPSA) is 3.24 Å². The maximum Gasteiger partial charge on any atom is 0.0626 e. The Morgan fingerprint density at radius 3 is 2.71 bits per heavy atom. The molecule has 1 nitrogen and oxygen atoms in total. The Morgan fingerprint density at radius 2 is 1.96 bits per heavy atom. The zero-order chi connectivity index (χ0) is 16.7. The number of benzene rings is 1. The minimum absolute atomic E-state index is 0.338. The first-order valence-corrected chi connectivity index (χ1v) is 12.7. The lowest BCUT2D eigenvalue weighted by atomic mass is 9.66. The Balaban J connectivity index is 1.64. The quantitative estimate of drug-likeness (QED) is 0.447. The summed E-state index contributed by atoms with van der Waals surface area (Å²) in [5.74, 6) is 0.896. The molecule has 5 rings (SSSR count). The molecule has 4 heterocycles. The number of rotatable bonds is 0. The third-order valence-corrected chi connectivity index (χ3v) is 13.2. The van der Waals surface area contributed by atoms with Gasteiger partial charge in [0.1, 0.15) is 0 Å². The van der Waals surface area contributed by atoms with Crippen molar-refractivity contribution in [1.29, 1.82) is 0 Å². The summed E-state index contributed by atoms with van der Waals surface area (Å²) in [6.07, 6.45) is 3.89. The number of hydrogen-bond acceptors (Lipinski definition) is 1. The molecule has 0 bridgehead atoms. The van der Waals surface area contributed by atoms with Crippen LogP contribution in [-0.2, 0) is 10.8 Å². The number of hydrogen-bond donors (Lipinski definition) is 0. The molecule has 1 saturated heterocycles. The molecule has 1 spiro atoms. The molecule has 1 aromatic rings. The van der Waals surface area contributed by atoms with Crippen LogP contribution in [-0.4, -0.2) is 21.2 Å². The maximum atomic E-state index is 2.77. The van der Waals surface area contributed by atoms with Gasteiger partial charge in [0, 0.05) is 18.8 Å². The third-order valence-electron chi connectivity index (χ3n) is 8.00. The summed E-state index contributed by atoms with van der Waals surface area (Å²) in [6.45, 7) is 12.5. The molecule has 3 unspecified atom stereocenters. The summed E-state index contributed by atoms with van der Waals surface area (Å²) >= 11 is 0. The average molecular weight is 338 g/mol. The van der Waals surface area contributed by atoms with E-state index in [0.29, 0.717) is 10.8 Å². The van der Waals surface area contributed by atoms with Gasteiger partial charge in [-0.2, -0.15) is 0 Å². The Morgan fingerprint density at radius 1 is 1.17 bits per heavy atom. The second-order valence-corrected chi connectivity index (χ2v) is 14.7. The van der Waals surface area contributed by atoms with E-state index in [2.05, 4.69) is 56.9 Å². The SMILES string of the molecule is CC1=CC[Si]2(C1)CC1CN3CCC(C)(C)c4cccc(c43)C1(C)C2. The van der Waals surface area contributed by atoms with Crippen molar-refractivity contribution in [2.24, 2.45) is 5.92 Å². The predicted molar refractivity (Wildman–Crippen MR) is 106 cm³/mol. The Bertz CT molecular complexity index is 748. The fourth-order valence-electron chi connectivity index (χ4n) is 6.74. The van der Waals surface area contributed by atoms with E-state index < -0.39 is 8.07 Å². The summed E-state index contributed by atoms with van der Waals surface area (Å²) in [4.78, 5) is 2.77. The minimum atomic E-state index is -1.10. The van der Waals surface area contributed by atoms with E-state index in [1.54, 1.807) is 28.4 Å². The summed E-state index contributed by atoms with van der Waals surface area (Å²) in [5.41, 5.74) is 7.44. The van der Waals surface area contributed by atoms with Crippen LogP contribution in [0.2, 0.25) is 24.2 Å². The van der Waals surface area contributed by atoms with Gasteiger partial charge in [-0.05, 0) is 59.4 Å². The molecule has 0 aromatic heterocycles. The van der Waals surface area contributed by atoms with Crippen LogP contribution in [0.25, 0.3) is 0 Å². The average Bonchev–Trinajstić information content (AvgIpc) is 3.02. The van der Waals surface area contributed by atoms with Gasteiger partial charge in [-0.25, -0.2) is 0 Å². The van der Waals surface area contributed by atoms with Crippen molar-refractivity contribution in [3.8, 4) is 0 Å². The van der Waals surface area contributed by atoms with E-state index in [1.165, 1.54) is 37.6 Å². The number of fused-ring (bicyclic) bond motifs is 2. The van der Waals surface area contributed by atoms with Crippen LogP contribution in [0.3, 0.4) is 0 Å². The molecule has 4 aliphatic heterocycles. The highest BCUT2D eigenvalue weighted by molar-refractivity contribution is 6.82. The first-order valence-electron chi connectivity index (χ1n) is 9.88. The van der Waals surface area contributed by atoms with E-state index >= 15 is 0 Å². The second kappa shape index (κ2) is 4.57. The lowest BCUT2D eigenvalue weighted by Gasteiger charge is -2.50. The van der Waals surface area contributed by atoms with Crippen molar-refractivity contribution in [3.05, 3.63) is 41.0 Å². The van der Waals surface area contributed by atoms with Crippen molar-refractivity contribution in [1.82, 2.24) is 0 Å². The molecule has 2 heteroatoms. The maximum absolute atomic E-state index is 2.77. The summed E-state index contributed by atoms with van der Waals surface area (Å²) in [7, 11) is -1.10. The lowest BCUT2D eigenvalue weighted by molar-refractivity contribution is 0.330. The highest BCUT2D eigenvalue weighted by Gasteiger charge is 2.58. The lowest BCUT2D eigenvalue weighted by Crippen LogP contribution is -2.48. The van der Waals surface area contributed by atoms with Gasteiger partial charge in [0.2, 0.25) is 0 Å². The fraction of sp³-hybridized carbons (Fsp3) is 0.636. The Labute approximate surface area is 148 Å². The van der Waals surface area contributed by atoms with Crippen LogP contribution in [0, 0.1) is 5.92 Å². The van der Waals surface area contributed by atoms with Gasteiger partial charge < -0.3 is 4.90 Å². The molecule has 24 heavy (non-hydrogen) atoms. The summed E-state index contributed by atoms with van der Waals surface area (Å²) in [6, 6.07) is 13.3. The molecule has 128 valence electrons. The van der Waals surface area contributed by atoms with Gasteiger partial charge in [-0.15, -0.1) is 0 Å². The van der Waals surface area contributed by atoms with Crippen molar-refractivity contribution in [2.45, 2.75) is 69.1 Å². The van der Waals surface area contributed by atoms with Gasteiger partial charge in [0.25, 0.3) is 0 Å². The molecule has 4 aliphatic rings. The van der Waals surface area contributed by atoms with E-state index in [0.717, 1.165) is 5.92 Å². The number of nitrogens with zero attached hydrogens (tertiary/aromatic N) is 1. The van der Waals surface area contributed by atoms with E-state index in [9.17, 15) is 0 Å². The number of para-hydroxylation sites is 1. The molecule has 1 fully saturated rings. The molecular formula is C22H31NSi. The van der Waals surface area contributed by atoms with Gasteiger partial charge in [-0.1, -0.05) is 56.7 Å². The van der Waals surface area contributed by atoms with Crippen LogP contribution in [0.5, 0.6) is 0 Å². The normalized spacial score (nSPS) is 38.9. The van der Waals surface area contributed by atoms with E-state index in [1.807, 2.05) is 0 Å². The summed E-state index contributed by atoms with van der Waals surface area (Å²) < 4.78 is 0. The Kier molecular flexibility index (Phi) is 2.91. The van der Waals surface area contributed by atoms with Crippen LogP contribution in [0.4, 0.5) is 5.69 Å². The van der Waals surface area contributed by atoms with Crippen LogP contribution in [0.15, 0.2) is 29.8 Å². The Hall–Kier alpha value is -1.02. The first kappa shape index (κ1) is 15.2. The van der Waals surface area contributed by atoms with Crippen molar-refractivity contribution >= 4 is 13.8 Å². The highest BCUT2D eigenvalue weighted by Crippen LogP contribution is 2.61. The number of allylic oxidation sites excluding steroid dienone is 2. The molecule has 0 amide bonds. The number of anilines is 1. The van der Waals surface area contributed by atoms with Crippen LogP contribution >= 0.6 is 0 Å². The van der Waals surface area contributed by atoms with Gasteiger partial charge in [0.05, 0.1) is 8.07 Å². The standard InChI is InChI=1S/C22H31NSi/c1-16-8-11-24(13-16)14-17-12-23-10-9-21(2,3)18-6-5-7-19(20(18)23)22(17,4)15-24/h5-8,17H,9-15H2,1-4H3. The smallest absolute Gasteiger partial charge is 0.0626 e. The molecule has 3 atom stereocenters. The van der Waals surface area contributed by atoms with E-state index in [-0.39, 0.29) is 0 Å². The third kappa shape index (κ3) is 1.87. The van der Waals surface area contributed by atoms with Crippen molar-refractivity contribution in [2.75, 3.05) is 18.0 Å². The molecule has 0 aliphatic carbocycles. The van der Waals surface area contributed by atoms with E-state index in [4.69, 9.17) is 0 Å². The largest absolute Gasteiger partial charge is 0.371 e. The minimum Gasteiger partial charge on any atom is -0.371 e. The van der Waals surface area contributed by atoms with Crippen LogP contribution < -0.4 is 4.90 Å². The summed E-state index contributed by atoms with van der Waals surface area (Å²) in [5, 5.41) is 0.